The zero-order valence-corrected chi connectivity index (χ0v) is 8.95. The Bertz CT molecular complexity index is 555. The number of halogens is 1. The first-order chi connectivity index (χ1) is 7.17. The molecule has 3 nitrogen and oxygen atoms in total. The van der Waals surface area contributed by atoms with Crippen LogP contribution in [0.25, 0.3) is 10.4 Å². The van der Waals surface area contributed by atoms with Gasteiger partial charge >= 0.3 is 0 Å². The Kier molecular flexibility index (Phi) is 2.32. The van der Waals surface area contributed by atoms with Crippen LogP contribution in [0.1, 0.15) is 21.7 Å². The summed E-state index contributed by atoms with van der Waals surface area (Å²) in [6.45, 7) is 6.84. The van der Waals surface area contributed by atoms with Crippen LogP contribution in [0.2, 0.25) is 4.34 Å². The van der Waals surface area contributed by atoms with E-state index >= 15 is 0 Å². The van der Waals surface area contributed by atoms with Gasteiger partial charge in [0.25, 0.3) is 5.70 Å². The largest absolute Gasteiger partial charge is 0.293 e. The molecule has 0 N–H and O–H groups in total. The van der Waals surface area contributed by atoms with E-state index in [9.17, 15) is 4.79 Å². The minimum Gasteiger partial charge on any atom is -0.293 e. The Morgan fingerprint density at radius 3 is 3.07 bits per heavy atom. The first-order valence-corrected chi connectivity index (χ1v) is 5.20. The Labute approximate surface area is 95.0 Å². The summed E-state index contributed by atoms with van der Waals surface area (Å²) in [6, 6.07) is 3.44. The normalized spacial score (nSPS) is 16.9. The summed E-state index contributed by atoms with van der Waals surface area (Å²) in [4.78, 5) is 15.2. The van der Waals surface area contributed by atoms with E-state index in [-0.39, 0.29) is 17.9 Å². The Morgan fingerprint density at radius 2 is 2.47 bits per heavy atom. The molecule has 0 bridgehead atoms. The van der Waals surface area contributed by atoms with Gasteiger partial charge in [-0.2, -0.15) is 0 Å². The van der Waals surface area contributed by atoms with Crippen molar-refractivity contribution in [1.82, 2.24) is 0 Å². The summed E-state index contributed by atoms with van der Waals surface area (Å²) < 4.78 is 0.507. The second-order valence-corrected chi connectivity index (χ2v) is 4.63. The highest BCUT2D eigenvalue weighted by Crippen LogP contribution is 2.41. The average molecular weight is 235 g/mol. The zero-order chi connectivity index (χ0) is 11.0. The summed E-state index contributed by atoms with van der Waals surface area (Å²) >= 11 is 6.98. The highest BCUT2D eigenvalue weighted by molar-refractivity contribution is 7.18. The third-order valence-electron chi connectivity index (χ3n) is 2.12. The van der Waals surface area contributed by atoms with E-state index in [1.54, 1.807) is 12.1 Å². The van der Waals surface area contributed by atoms with Crippen LogP contribution in [0.5, 0.6) is 0 Å². The number of nitrogens with zero attached hydrogens (tertiary/aromatic N) is 2. The fourth-order valence-electron chi connectivity index (χ4n) is 1.50. The maximum atomic E-state index is 11.5. The molecule has 0 atom stereocenters. The molecule has 0 aliphatic heterocycles. The van der Waals surface area contributed by atoms with E-state index < -0.39 is 0 Å². The van der Waals surface area contributed by atoms with Gasteiger partial charge in [0, 0.05) is 6.42 Å². The van der Waals surface area contributed by atoms with Crippen LogP contribution in [0.3, 0.4) is 0 Å². The van der Waals surface area contributed by atoms with Crippen LogP contribution >= 0.6 is 22.9 Å². The van der Waals surface area contributed by atoms with E-state index in [0.29, 0.717) is 20.4 Å². The average Bonchev–Trinajstić information content (AvgIpc) is 2.70. The van der Waals surface area contributed by atoms with Crippen LogP contribution < -0.4 is 0 Å². The van der Waals surface area contributed by atoms with Gasteiger partial charge in [-0.15, -0.1) is 11.3 Å². The lowest BCUT2D eigenvalue weighted by Gasteiger charge is -1.93. The molecule has 0 aromatic carbocycles. The second-order valence-electron chi connectivity index (χ2n) is 2.94. The zero-order valence-electron chi connectivity index (χ0n) is 7.37. The van der Waals surface area contributed by atoms with E-state index in [1.807, 2.05) is 0 Å². The minimum absolute atomic E-state index is 0.0171. The highest BCUT2D eigenvalue weighted by atomic mass is 35.5. The summed E-state index contributed by atoms with van der Waals surface area (Å²) in [6.07, 6.45) is 0.142. The maximum absolute atomic E-state index is 11.5. The van der Waals surface area contributed by atoms with Gasteiger partial charge in [-0.3, -0.25) is 4.79 Å². The van der Waals surface area contributed by atoms with Gasteiger partial charge in [0.15, 0.2) is 5.78 Å². The van der Waals surface area contributed by atoms with Gasteiger partial charge in [-0.25, -0.2) is 10.1 Å². The Balaban J connectivity index is 2.70. The molecule has 72 valence electrons. The summed E-state index contributed by atoms with van der Waals surface area (Å²) in [5.74, 6) is -0.0618. The molecule has 0 spiro atoms. The summed E-state index contributed by atoms with van der Waals surface area (Å²) in [5, 5.41) is 8.74. The second kappa shape index (κ2) is 3.51. The molecule has 0 fully saturated rings. The number of Topliss-reactive ketones (excluding diaryl/α,β-unsaturated/α-hetero) is 1. The van der Waals surface area contributed by atoms with Crippen molar-refractivity contribution >= 4 is 34.3 Å². The van der Waals surface area contributed by atoms with Gasteiger partial charge in [0.2, 0.25) is 0 Å². The predicted octanol–water partition coefficient (Wildman–Crippen LogP) is 3.14. The lowest BCUT2D eigenvalue weighted by molar-refractivity contribution is 0.101. The standard InChI is InChI=1S/C10H3ClN2OS/c1-13-7(4-12)5-2-8(14)10-6(5)3-9(11)15-10/h3H,2H2/b7-5+. The van der Waals surface area contributed by atoms with Gasteiger partial charge in [-0.1, -0.05) is 11.6 Å². The van der Waals surface area contributed by atoms with Gasteiger partial charge in [0.05, 0.1) is 21.9 Å². The number of hydrogen-bond donors (Lipinski definition) is 0. The first kappa shape index (κ1) is 9.92. The van der Waals surface area contributed by atoms with E-state index in [2.05, 4.69) is 4.85 Å². The van der Waals surface area contributed by atoms with E-state index in [0.717, 1.165) is 0 Å². The van der Waals surface area contributed by atoms with Crippen LogP contribution in [-0.4, -0.2) is 5.78 Å². The number of allylic oxidation sites excluding steroid dienone is 2. The van der Waals surface area contributed by atoms with Crippen molar-refractivity contribution in [1.29, 1.82) is 5.26 Å². The SMILES string of the molecule is [C-]#[N+]/C(C#N)=C1\CC(=O)c2sc(Cl)cc21. The molecule has 0 amide bonds. The number of hydrogen-bond acceptors (Lipinski definition) is 3. The third kappa shape index (κ3) is 1.45. The molecule has 2 rings (SSSR count). The fraction of sp³-hybridized carbons (Fsp3) is 0.100. The number of fused-ring (bicyclic) bond motifs is 1. The van der Waals surface area contributed by atoms with Crippen molar-refractivity contribution < 1.29 is 4.79 Å². The molecule has 1 aliphatic carbocycles. The monoisotopic (exact) mass is 234 g/mol. The lowest BCUT2D eigenvalue weighted by atomic mass is 10.1. The van der Waals surface area contributed by atoms with Crippen LogP contribution in [0, 0.1) is 17.9 Å². The van der Waals surface area contributed by atoms with Gasteiger partial charge < -0.3 is 0 Å². The molecule has 15 heavy (non-hydrogen) atoms. The summed E-state index contributed by atoms with van der Waals surface area (Å²) in [7, 11) is 0. The highest BCUT2D eigenvalue weighted by Gasteiger charge is 2.29. The summed E-state index contributed by atoms with van der Waals surface area (Å²) in [5.41, 5.74) is 1.15. The van der Waals surface area contributed by atoms with Crippen molar-refractivity contribution in [2.75, 3.05) is 0 Å². The number of carbonyl (C=O) groups excluding carboxylic acids is 1. The molecule has 1 aromatic rings. The predicted molar refractivity (Wildman–Crippen MR) is 57.4 cm³/mol. The molecule has 0 unspecified atom stereocenters. The molecule has 0 saturated heterocycles. The number of nitriles is 1. The number of carbonyl (C=O) groups is 1. The van der Waals surface area contributed by atoms with Crippen LogP contribution in [0.15, 0.2) is 11.8 Å². The quantitative estimate of drug-likeness (QED) is 0.511. The maximum Gasteiger partial charge on any atom is 0.266 e. The molecule has 0 saturated carbocycles. The smallest absolute Gasteiger partial charge is 0.266 e. The number of ketones is 1. The topological polar surface area (TPSA) is 45.2 Å². The molecule has 1 heterocycles. The Hall–Kier alpha value is -1.62. The fourth-order valence-corrected chi connectivity index (χ4v) is 2.69. The van der Waals surface area contributed by atoms with Crippen molar-refractivity contribution in [3.05, 3.63) is 38.0 Å². The van der Waals surface area contributed by atoms with Crippen molar-refractivity contribution in [3.8, 4) is 6.07 Å². The van der Waals surface area contributed by atoms with Gasteiger partial charge in [-0.05, 0) is 17.2 Å². The molecule has 5 heteroatoms. The molecular formula is C10H3ClN2OS. The molecule has 0 radical (unpaired) electrons. The lowest BCUT2D eigenvalue weighted by Crippen LogP contribution is -1.86. The number of thiophene rings is 1. The molecule has 1 aliphatic rings. The van der Waals surface area contributed by atoms with Crippen LogP contribution in [-0.2, 0) is 0 Å². The molecule has 1 aromatic heterocycles. The molecular weight excluding hydrogens is 232 g/mol. The van der Waals surface area contributed by atoms with E-state index in [4.69, 9.17) is 23.4 Å². The first-order valence-electron chi connectivity index (χ1n) is 4.01. The Morgan fingerprint density at radius 1 is 1.73 bits per heavy atom. The van der Waals surface area contributed by atoms with Crippen LogP contribution in [0.4, 0.5) is 0 Å². The van der Waals surface area contributed by atoms with Crippen molar-refractivity contribution in [3.63, 3.8) is 0 Å². The minimum atomic E-state index is -0.0618. The third-order valence-corrected chi connectivity index (χ3v) is 3.43. The van der Waals surface area contributed by atoms with E-state index in [1.165, 1.54) is 11.3 Å². The van der Waals surface area contributed by atoms with Crippen molar-refractivity contribution in [2.45, 2.75) is 6.42 Å². The van der Waals surface area contributed by atoms with Gasteiger partial charge in [0.1, 0.15) is 0 Å². The van der Waals surface area contributed by atoms with Crippen molar-refractivity contribution in [2.24, 2.45) is 0 Å². The number of rotatable bonds is 0.